The van der Waals surface area contributed by atoms with Crippen LogP contribution in [-0.2, 0) is 25.4 Å². The van der Waals surface area contributed by atoms with E-state index in [0.717, 1.165) is 20.9 Å². The molecule has 0 aliphatic carbocycles. The first kappa shape index (κ1) is 22.1. The molecule has 35 heavy (non-hydrogen) atoms. The van der Waals surface area contributed by atoms with Crippen molar-refractivity contribution in [2.75, 3.05) is 0 Å². The minimum atomic E-state index is -0.713. The fraction of sp³-hybridized carbons (Fsp3) is 0.154. The third-order valence-corrected chi connectivity index (χ3v) is 6.18. The van der Waals surface area contributed by atoms with Crippen molar-refractivity contribution in [3.63, 3.8) is 0 Å². The number of nitrogens with one attached hydrogen (secondary N) is 1. The number of phenols is 1. The van der Waals surface area contributed by atoms with Gasteiger partial charge in [-0.15, -0.1) is 0 Å². The number of aromatic hydroxyl groups is 1. The van der Waals surface area contributed by atoms with E-state index in [0.29, 0.717) is 5.56 Å². The maximum atomic E-state index is 13.3. The van der Waals surface area contributed by atoms with Crippen molar-refractivity contribution in [2.45, 2.75) is 12.6 Å². The second-order valence-electron chi connectivity index (χ2n) is 8.39. The average Bonchev–Trinajstić information content (AvgIpc) is 3.26. The Bertz CT molecular complexity index is 1700. The monoisotopic (exact) mass is 469 g/mol. The van der Waals surface area contributed by atoms with Crippen molar-refractivity contribution >= 4 is 27.8 Å². The van der Waals surface area contributed by atoms with Crippen molar-refractivity contribution in [3.8, 4) is 5.75 Å². The van der Waals surface area contributed by atoms with Crippen LogP contribution in [0.4, 0.5) is 0 Å². The molecule has 2 aromatic heterocycles. The van der Waals surface area contributed by atoms with Crippen LogP contribution in [0.3, 0.4) is 0 Å². The highest BCUT2D eigenvalue weighted by Gasteiger charge is 2.24. The van der Waals surface area contributed by atoms with Gasteiger partial charge in [-0.3, -0.25) is 14.2 Å². The molecule has 0 spiro atoms. The maximum absolute atomic E-state index is 13.3. The summed E-state index contributed by atoms with van der Waals surface area (Å²) < 4.78 is 3.66. The smallest absolute Gasteiger partial charge is 0.332 e. The Morgan fingerprint density at radius 2 is 1.71 bits per heavy atom. The highest BCUT2D eigenvalue weighted by molar-refractivity contribution is 5.89. The average molecular weight is 470 g/mol. The topological polar surface area (TPSA) is 111 Å². The minimum Gasteiger partial charge on any atom is -0.508 e. The van der Waals surface area contributed by atoms with Crippen LogP contribution in [0.5, 0.6) is 5.75 Å². The van der Waals surface area contributed by atoms with Crippen LogP contribution in [0, 0.1) is 0 Å². The van der Waals surface area contributed by atoms with E-state index in [4.69, 9.17) is 0 Å². The van der Waals surface area contributed by atoms with Gasteiger partial charge in [0.1, 0.15) is 12.3 Å². The van der Waals surface area contributed by atoms with E-state index in [1.165, 1.54) is 22.5 Å². The number of imidazole rings is 1. The maximum Gasteiger partial charge on any atom is 0.332 e. The van der Waals surface area contributed by atoms with Gasteiger partial charge in [0.2, 0.25) is 5.91 Å². The van der Waals surface area contributed by atoms with E-state index in [-0.39, 0.29) is 16.9 Å². The van der Waals surface area contributed by atoms with Crippen LogP contribution in [-0.4, -0.2) is 29.7 Å². The summed E-state index contributed by atoms with van der Waals surface area (Å²) >= 11 is 0. The van der Waals surface area contributed by atoms with Crippen LogP contribution >= 0.6 is 0 Å². The zero-order valence-electron chi connectivity index (χ0n) is 19.2. The highest BCUT2D eigenvalue weighted by Crippen LogP contribution is 2.35. The molecule has 1 amide bonds. The Balaban J connectivity index is 1.59. The number of aromatic nitrogens is 4. The number of nitrogens with zero attached hydrogens (tertiary/aromatic N) is 4. The number of fused-ring (bicyclic) bond motifs is 2. The van der Waals surface area contributed by atoms with Gasteiger partial charge in [0.05, 0.1) is 12.4 Å². The summed E-state index contributed by atoms with van der Waals surface area (Å²) in [6.07, 6.45) is 1.45. The summed E-state index contributed by atoms with van der Waals surface area (Å²) in [6, 6.07) is 19.5. The first-order chi connectivity index (χ1) is 16.9. The third-order valence-electron chi connectivity index (χ3n) is 6.18. The molecule has 5 rings (SSSR count). The van der Waals surface area contributed by atoms with Gasteiger partial charge in [-0.25, -0.2) is 14.3 Å². The number of aryl methyl sites for hydroxylation is 2. The van der Waals surface area contributed by atoms with Crippen LogP contribution in [0.1, 0.15) is 17.2 Å². The quantitative estimate of drug-likeness (QED) is 0.410. The molecule has 0 fully saturated rings. The van der Waals surface area contributed by atoms with E-state index < -0.39 is 29.7 Å². The van der Waals surface area contributed by atoms with E-state index in [2.05, 4.69) is 10.3 Å². The molecule has 0 saturated carbocycles. The van der Waals surface area contributed by atoms with Crippen LogP contribution in [0.25, 0.3) is 21.9 Å². The van der Waals surface area contributed by atoms with Gasteiger partial charge in [0.15, 0.2) is 11.2 Å². The van der Waals surface area contributed by atoms with E-state index >= 15 is 0 Å². The van der Waals surface area contributed by atoms with E-state index in [1.54, 1.807) is 13.1 Å². The number of benzene rings is 3. The van der Waals surface area contributed by atoms with E-state index in [1.807, 2.05) is 60.7 Å². The van der Waals surface area contributed by atoms with Gasteiger partial charge in [0, 0.05) is 19.7 Å². The van der Waals surface area contributed by atoms with Gasteiger partial charge in [-0.1, -0.05) is 60.7 Å². The summed E-state index contributed by atoms with van der Waals surface area (Å²) in [5.41, 5.74) is 0.524. The number of carbonyl (C=O) groups is 1. The Labute approximate surface area is 199 Å². The summed E-state index contributed by atoms with van der Waals surface area (Å²) in [7, 11) is 3.16. The van der Waals surface area contributed by atoms with Crippen molar-refractivity contribution < 1.29 is 9.90 Å². The Hall–Kier alpha value is -4.66. The van der Waals surface area contributed by atoms with Crippen molar-refractivity contribution in [2.24, 2.45) is 14.1 Å². The molecule has 0 aliphatic heterocycles. The fourth-order valence-electron chi connectivity index (χ4n) is 4.44. The van der Waals surface area contributed by atoms with Crippen LogP contribution in [0.15, 0.2) is 82.6 Å². The lowest BCUT2D eigenvalue weighted by molar-refractivity contribution is -0.122. The second-order valence-corrected chi connectivity index (χ2v) is 8.39. The zero-order valence-corrected chi connectivity index (χ0v) is 19.2. The van der Waals surface area contributed by atoms with Crippen LogP contribution in [0.2, 0.25) is 0 Å². The van der Waals surface area contributed by atoms with Gasteiger partial charge in [-0.05, 0) is 22.4 Å². The number of carbonyl (C=O) groups excluding carboxylic acids is 1. The molecule has 5 aromatic rings. The highest BCUT2D eigenvalue weighted by atomic mass is 16.3. The van der Waals surface area contributed by atoms with Crippen molar-refractivity contribution in [1.82, 2.24) is 24.0 Å². The van der Waals surface area contributed by atoms with Gasteiger partial charge < -0.3 is 15.0 Å². The predicted molar refractivity (Wildman–Crippen MR) is 132 cm³/mol. The molecule has 2 heterocycles. The van der Waals surface area contributed by atoms with E-state index in [9.17, 15) is 19.5 Å². The van der Waals surface area contributed by atoms with Crippen LogP contribution < -0.4 is 16.6 Å². The number of hydrogen-bond acceptors (Lipinski definition) is 5. The Kier molecular flexibility index (Phi) is 5.44. The summed E-state index contributed by atoms with van der Waals surface area (Å²) in [6.45, 7) is -0.485. The molecule has 3 aromatic carbocycles. The third kappa shape index (κ3) is 3.76. The van der Waals surface area contributed by atoms with Gasteiger partial charge >= 0.3 is 5.69 Å². The molecular weight excluding hydrogens is 446 g/mol. The molecule has 176 valence electrons. The predicted octanol–water partition coefficient (Wildman–Crippen LogP) is 2.20. The largest absolute Gasteiger partial charge is 0.508 e. The first-order valence-corrected chi connectivity index (χ1v) is 11.0. The zero-order chi connectivity index (χ0) is 24.7. The Morgan fingerprint density at radius 1 is 1.00 bits per heavy atom. The summed E-state index contributed by atoms with van der Waals surface area (Å²) in [5, 5.41) is 15.4. The molecule has 0 bridgehead atoms. The summed E-state index contributed by atoms with van der Waals surface area (Å²) in [4.78, 5) is 43.3. The standard InChI is InChI=1S/C26H23N5O4/c1-29-15-27-24-23(29)25(34)31(26(35)30(24)2)14-20(33)28-22(17-9-4-3-5-10-17)21-18-11-7-6-8-16(18)12-13-19(21)32/h3-13,15,22,32H,14H2,1-2H3,(H,28,33). The molecule has 1 atom stereocenters. The minimum absolute atomic E-state index is 0.0299. The number of hydrogen-bond donors (Lipinski definition) is 2. The van der Waals surface area contributed by atoms with Crippen molar-refractivity contribution in [1.29, 1.82) is 0 Å². The molecule has 0 aliphatic rings. The second kappa shape index (κ2) is 8.60. The lowest BCUT2D eigenvalue weighted by Gasteiger charge is -2.23. The molecule has 1 unspecified atom stereocenters. The molecular formula is C26H23N5O4. The molecule has 9 heteroatoms. The number of rotatable bonds is 5. The molecule has 0 radical (unpaired) electrons. The van der Waals surface area contributed by atoms with Gasteiger partial charge in [-0.2, -0.15) is 0 Å². The number of phenolic OH excluding ortho intramolecular Hbond substituents is 1. The van der Waals surface area contributed by atoms with Crippen molar-refractivity contribution in [3.05, 3.63) is 105 Å². The van der Waals surface area contributed by atoms with Gasteiger partial charge in [0.25, 0.3) is 5.56 Å². The first-order valence-electron chi connectivity index (χ1n) is 11.0. The molecule has 2 N–H and O–H groups in total. The normalized spacial score (nSPS) is 12.2. The number of amides is 1. The summed E-state index contributed by atoms with van der Waals surface area (Å²) in [5.74, 6) is -0.519. The Morgan fingerprint density at radius 3 is 2.49 bits per heavy atom. The molecule has 0 saturated heterocycles. The molecule has 9 nitrogen and oxygen atoms in total. The lowest BCUT2D eigenvalue weighted by atomic mass is 9.92. The fourth-order valence-corrected chi connectivity index (χ4v) is 4.44. The SMILES string of the molecule is Cn1cnc2c1c(=O)n(CC(=O)NC(c1ccccc1)c1c(O)ccc3ccccc13)c(=O)n2C. The lowest BCUT2D eigenvalue weighted by Crippen LogP contribution is -2.44.